The number of rotatable bonds is 2. The van der Waals surface area contributed by atoms with Crippen molar-refractivity contribution in [2.24, 2.45) is 7.05 Å². The quantitative estimate of drug-likeness (QED) is 0.743. The summed E-state index contributed by atoms with van der Waals surface area (Å²) in [5.74, 6) is 0.254. The van der Waals surface area contributed by atoms with Crippen molar-refractivity contribution in [1.29, 1.82) is 0 Å². The van der Waals surface area contributed by atoms with E-state index in [2.05, 4.69) is 4.98 Å². The summed E-state index contributed by atoms with van der Waals surface area (Å²) in [5, 5.41) is 0. The molecule has 4 nitrogen and oxygen atoms in total. The Kier molecular flexibility index (Phi) is 2.18. The topological polar surface area (TPSA) is 44.1 Å². The molecule has 0 saturated heterocycles. The average Bonchev–Trinajstić information content (AvgIpc) is 3.12. The zero-order valence-electron chi connectivity index (χ0n) is 9.93. The summed E-state index contributed by atoms with van der Waals surface area (Å²) < 4.78 is 6.79. The van der Waals surface area contributed by atoms with Crippen LogP contribution in [0.5, 0.6) is 0 Å². The summed E-state index contributed by atoms with van der Waals surface area (Å²) in [5.41, 5.74) is 3.51. The Morgan fingerprint density at radius 3 is 2.88 bits per heavy atom. The van der Waals surface area contributed by atoms with Crippen molar-refractivity contribution >= 4 is 17.0 Å². The predicted molar refractivity (Wildman–Crippen MR) is 64.0 cm³/mol. The number of esters is 1. The van der Waals surface area contributed by atoms with Crippen molar-refractivity contribution in [3.05, 3.63) is 29.6 Å². The van der Waals surface area contributed by atoms with E-state index in [4.69, 9.17) is 4.74 Å². The normalized spacial score (nSPS) is 15.2. The second-order valence-corrected chi connectivity index (χ2v) is 4.52. The summed E-state index contributed by atoms with van der Waals surface area (Å²) >= 11 is 0. The van der Waals surface area contributed by atoms with Crippen LogP contribution < -0.4 is 0 Å². The number of hydrogen-bond acceptors (Lipinski definition) is 3. The third-order valence-electron chi connectivity index (χ3n) is 3.32. The number of carbonyl (C=O) groups is 1. The lowest BCUT2D eigenvalue weighted by molar-refractivity contribution is 0.0601. The van der Waals surface area contributed by atoms with E-state index in [0.29, 0.717) is 11.5 Å². The standard InChI is InChI=1S/C13H14N2O2/c1-15-7-14-10-6-5-9(8-3-4-8)11(12(10)15)13(16)17-2/h5-8H,3-4H2,1-2H3. The third-order valence-corrected chi connectivity index (χ3v) is 3.32. The fourth-order valence-corrected chi connectivity index (χ4v) is 2.31. The Morgan fingerprint density at radius 1 is 1.47 bits per heavy atom. The molecule has 0 unspecified atom stereocenters. The molecule has 2 aromatic rings. The molecular weight excluding hydrogens is 216 g/mol. The molecule has 1 aliphatic carbocycles. The van der Waals surface area contributed by atoms with E-state index in [1.807, 2.05) is 23.7 Å². The number of methoxy groups -OCH3 is 1. The summed E-state index contributed by atoms with van der Waals surface area (Å²) in [6.07, 6.45) is 4.05. The molecule has 1 fully saturated rings. The van der Waals surface area contributed by atoms with E-state index in [-0.39, 0.29) is 5.97 Å². The van der Waals surface area contributed by atoms with Gasteiger partial charge < -0.3 is 9.30 Å². The SMILES string of the molecule is COC(=O)c1c(C2CC2)ccc2ncn(C)c12. The predicted octanol–water partition coefficient (Wildman–Crippen LogP) is 2.24. The number of hydrogen-bond donors (Lipinski definition) is 0. The molecule has 0 aliphatic heterocycles. The molecule has 1 saturated carbocycles. The van der Waals surface area contributed by atoms with E-state index < -0.39 is 0 Å². The third kappa shape index (κ3) is 1.52. The van der Waals surface area contributed by atoms with Gasteiger partial charge in [0.2, 0.25) is 0 Å². The molecule has 3 rings (SSSR count). The Bertz CT molecular complexity index is 597. The van der Waals surface area contributed by atoms with Gasteiger partial charge in [-0.1, -0.05) is 6.07 Å². The zero-order chi connectivity index (χ0) is 12.0. The largest absolute Gasteiger partial charge is 0.465 e. The molecule has 1 aliphatic rings. The van der Waals surface area contributed by atoms with Gasteiger partial charge in [0.1, 0.15) is 0 Å². The highest BCUT2D eigenvalue weighted by molar-refractivity contribution is 6.03. The number of imidazole rings is 1. The maximum absolute atomic E-state index is 12.0. The van der Waals surface area contributed by atoms with Crippen LogP contribution in [0.25, 0.3) is 11.0 Å². The van der Waals surface area contributed by atoms with Crippen LogP contribution in [-0.2, 0) is 11.8 Å². The molecule has 17 heavy (non-hydrogen) atoms. The van der Waals surface area contributed by atoms with Crippen molar-refractivity contribution in [2.45, 2.75) is 18.8 Å². The molecule has 0 N–H and O–H groups in total. The first-order valence-electron chi connectivity index (χ1n) is 5.74. The Morgan fingerprint density at radius 2 is 2.24 bits per heavy atom. The van der Waals surface area contributed by atoms with E-state index in [1.54, 1.807) is 6.33 Å². The van der Waals surface area contributed by atoms with Crippen LogP contribution >= 0.6 is 0 Å². The minimum absolute atomic E-state index is 0.263. The number of carbonyl (C=O) groups excluding carboxylic acids is 1. The van der Waals surface area contributed by atoms with Crippen LogP contribution in [0.1, 0.15) is 34.7 Å². The van der Waals surface area contributed by atoms with Crippen LogP contribution in [0.15, 0.2) is 18.5 Å². The van der Waals surface area contributed by atoms with Gasteiger partial charge in [-0.2, -0.15) is 0 Å². The minimum atomic E-state index is -0.263. The van der Waals surface area contributed by atoms with Crippen molar-refractivity contribution in [2.75, 3.05) is 7.11 Å². The van der Waals surface area contributed by atoms with Gasteiger partial charge in [0.25, 0.3) is 0 Å². The molecule has 0 radical (unpaired) electrons. The molecule has 88 valence electrons. The molecule has 0 bridgehead atoms. The van der Waals surface area contributed by atoms with Crippen molar-refractivity contribution in [3.63, 3.8) is 0 Å². The van der Waals surface area contributed by atoms with Gasteiger partial charge in [0, 0.05) is 7.05 Å². The van der Waals surface area contributed by atoms with E-state index in [1.165, 1.54) is 7.11 Å². The monoisotopic (exact) mass is 230 g/mol. The highest BCUT2D eigenvalue weighted by Crippen LogP contribution is 2.43. The van der Waals surface area contributed by atoms with Crippen molar-refractivity contribution in [3.8, 4) is 0 Å². The lowest BCUT2D eigenvalue weighted by atomic mass is 10.0. The molecular formula is C13H14N2O2. The fraction of sp³-hybridized carbons (Fsp3) is 0.385. The van der Waals surface area contributed by atoms with Gasteiger partial charge in [-0.3, -0.25) is 0 Å². The second kappa shape index (κ2) is 3.58. The molecule has 0 spiro atoms. The molecule has 0 atom stereocenters. The number of aromatic nitrogens is 2. The average molecular weight is 230 g/mol. The molecule has 4 heteroatoms. The van der Waals surface area contributed by atoms with Gasteiger partial charge in [0.15, 0.2) is 0 Å². The van der Waals surface area contributed by atoms with E-state index >= 15 is 0 Å². The van der Waals surface area contributed by atoms with Crippen LogP contribution in [0.4, 0.5) is 0 Å². The summed E-state index contributed by atoms with van der Waals surface area (Å²) in [4.78, 5) is 16.2. The summed E-state index contributed by atoms with van der Waals surface area (Å²) in [6, 6.07) is 3.99. The van der Waals surface area contributed by atoms with Gasteiger partial charge >= 0.3 is 5.97 Å². The van der Waals surface area contributed by atoms with Gasteiger partial charge in [-0.05, 0) is 30.4 Å². The second-order valence-electron chi connectivity index (χ2n) is 4.52. The van der Waals surface area contributed by atoms with Crippen LogP contribution in [0.3, 0.4) is 0 Å². The van der Waals surface area contributed by atoms with Crippen molar-refractivity contribution in [1.82, 2.24) is 9.55 Å². The Labute approximate surface area is 99.2 Å². The number of benzene rings is 1. The first-order valence-corrected chi connectivity index (χ1v) is 5.74. The Hall–Kier alpha value is -1.84. The van der Waals surface area contributed by atoms with Gasteiger partial charge in [-0.25, -0.2) is 9.78 Å². The highest BCUT2D eigenvalue weighted by Gasteiger charge is 2.30. The Balaban J connectivity index is 2.33. The summed E-state index contributed by atoms with van der Waals surface area (Å²) in [7, 11) is 3.33. The first kappa shape index (κ1) is 10.3. The number of aryl methyl sites for hydroxylation is 1. The van der Waals surface area contributed by atoms with Crippen LogP contribution in [-0.4, -0.2) is 22.6 Å². The number of ether oxygens (including phenoxy) is 1. The van der Waals surface area contributed by atoms with Crippen LogP contribution in [0.2, 0.25) is 0 Å². The maximum atomic E-state index is 12.0. The molecule has 0 amide bonds. The van der Waals surface area contributed by atoms with E-state index in [9.17, 15) is 4.79 Å². The number of fused-ring (bicyclic) bond motifs is 1. The summed E-state index contributed by atoms with van der Waals surface area (Å²) in [6.45, 7) is 0. The van der Waals surface area contributed by atoms with Crippen molar-refractivity contribution < 1.29 is 9.53 Å². The molecule has 1 heterocycles. The molecule has 1 aromatic heterocycles. The lowest BCUT2D eigenvalue weighted by Gasteiger charge is -2.09. The first-order chi connectivity index (χ1) is 8.22. The van der Waals surface area contributed by atoms with Gasteiger partial charge in [0.05, 0.1) is 30.0 Å². The fourth-order valence-electron chi connectivity index (χ4n) is 2.31. The maximum Gasteiger partial charge on any atom is 0.340 e. The zero-order valence-corrected chi connectivity index (χ0v) is 9.93. The number of nitrogens with zero attached hydrogens (tertiary/aromatic N) is 2. The lowest BCUT2D eigenvalue weighted by Crippen LogP contribution is -2.08. The van der Waals surface area contributed by atoms with Gasteiger partial charge in [-0.15, -0.1) is 0 Å². The smallest absolute Gasteiger partial charge is 0.340 e. The van der Waals surface area contributed by atoms with Crippen LogP contribution in [0, 0.1) is 0 Å². The highest BCUT2D eigenvalue weighted by atomic mass is 16.5. The minimum Gasteiger partial charge on any atom is -0.465 e. The van der Waals surface area contributed by atoms with E-state index in [0.717, 1.165) is 29.4 Å². The molecule has 1 aromatic carbocycles.